The zero-order valence-corrected chi connectivity index (χ0v) is 16.0. The molecule has 1 amide bonds. The van der Waals surface area contributed by atoms with E-state index in [9.17, 15) is 9.59 Å². The molecule has 0 radical (unpaired) electrons. The van der Waals surface area contributed by atoms with Gasteiger partial charge in [0.25, 0.3) is 5.91 Å². The molecule has 26 heavy (non-hydrogen) atoms. The van der Waals surface area contributed by atoms with Crippen LogP contribution >= 0.6 is 0 Å². The van der Waals surface area contributed by atoms with Gasteiger partial charge in [0.05, 0.1) is 0 Å². The van der Waals surface area contributed by atoms with Crippen LogP contribution in [0.3, 0.4) is 0 Å². The maximum Gasteiger partial charge on any atom is 0.344 e. The van der Waals surface area contributed by atoms with Crippen molar-refractivity contribution < 1.29 is 23.8 Å². The third-order valence-corrected chi connectivity index (χ3v) is 3.95. The van der Waals surface area contributed by atoms with Gasteiger partial charge in [-0.3, -0.25) is 4.79 Å². The van der Waals surface area contributed by atoms with Crippen LogP contribution in [0.5, 0.6) is 11.5 Å². The van der Waals surface area contributed by atoms with Crippen LogP contribution in [0.1, 0.15) is 33.3 Å². The van der Waals surface area contributed by atoms with Crippen molar-refractivity contribution in [2.75, 3.05) is 26.3 Å². The van der Waals surface area contributed by atoms with Gasteiger partial charge in [-0.25, -0.2) is 4.79 Å². The molecule has 0 saturated carbocycles. The van der Waals surface area contributed by atoms with E-state index < -0.39 is 5.97 Å². The lowest BCUT2D eigenvalue weighted by atomic mass is 10.0. The summed E-state index contributed by atoms with van der Waals surface area (Å²) < 4.78 is 16.5. The normalized spacial score (nSPS) is 14.2. The highest BCUT2D eigenvalue weighted by molar-refractivity contribution is 5.81. The Balaban J connectivity index is 1.84. The summed E-state index contributed by atoms with van der Waals surface area (Å²) in [6.45, 7) is 11.9. The number of nitrogens with zero attached hydrogens (tertiary/aromatic N) is 1. The first kappa shape index (κ1) is 19.8. The topological polar surface area (TPSA) is 65.1 Å². The molecule has 0 atom stereocenters. The third-order valence-electron chi connectivity index (χ3n) is 3.95. The van der Waals surface area contributed by atoms with Crippen LogP contribution in [0, 0.1) is 0 Å². The number of amides is 1. The largest absolute Gasteiger partial charge is 0.483 e. The number of fused-ring (bicyclic) bond motifs is 1. The lowest BCUT2D eigenvalue weighted by Gasteiger charge is -2.20. The number of hydrogen-bond donors (Lipinski definition) is 0. The van der Waals surface area contributed by atoms with Crippen molar-refractivity contribution in [3.63, 3.8) is 0 Å². The van der Waals surface area contributed by atoms with Crippen LogP contribution in [0.25, 0.3) is 0 Å². The second-order valence-corrected chi connectivity index (χ2v) is 7.10. The zero-order valence-electron chi connectivity index (χ0n) is 16.0. The highest BCUT2D eigenvalue weighted by Crippen LogP contribution is 2.41. The van der Waals surface area contributed by atoms with Gasteiger partial charge in [-0.1, -0.05) is 24.3 Å². The summed E-state index contributed by atoms with van der Waals surface area (Å²) >= 11 is 0. The zero-order chi connectivity index (χ0) is 19.3. The van der Waals surface area contributed by atoms with Crippen molar-refractivity contribution in [2.24, 2.45) is 0 Å². The minimum absolute atomic E-state index is 0.255. The molecule has 1 aliphatic rings. The van der Waals surface area contributed by atoms with Crippen molar-refractivity contribution in [3.8, 4) is 11.5 Å². The van der Waals surface area contributed by atoms with Crippen LogP contribution in [0.2, 0.25) is 0 Å². The molecular weight excluding hydrogens is 334 g/mol. The van der Waals surface area contributed by atoms with E-state index in [1.54, 1.807) is 11.0 Å². The summed E-state index contributed by atoms with van der Waals surface area (Å²) in [5, 5.41) is 0. The number of ether oxygens (including phenoxy) is 3. The minimum atomic E-state index is -0.598. The molecule has 0 aliphatic carbocycles. The average molecular weight is 361 g/mol. The monoisotopic (exact) mass is 361 g/mol. The highest BCUT2D eigenvalue weighted by atomic mass is 16.6. The number of hydrogen-bond acceptors (Lipinski definition) is 5. The number of likely N-dealkylation sites (N-methyl/N-ethyl adjacent to an activating group) is 1. The van der Waals surface area contributed by atoms with Gasteiger partial charge in [-0.05, 0) is 33.8 Å². The number of carbonyl (C=O) groups is 2. The van der Waals surface area contributed by atoms with Crippen molar-refractivity contribution in [1.82, 2.24) is 4.90 Å². The molecular formula is C20H27NO5. The van der Waals surface area contributed by atoms with Crippen molar-refractivity contribution in [1.29, 1.82) is 0 Å². The Morgan fingerprint density at radius 1 is 1.31 bits per heavy atom. The van der Waals surface area contributed by atoms with Crippen molar-refractivity contribution in [2.45, 2.75) is 39.7 Å². The Labute approximate surface area is 154 Å². The molecule has 1 heterocycles. The Morgan fingerprint density at radius 3 is 2.69 bits per heavy atom. The molecule has 0 saturated heterocycles. The average Bonchev–Trinajstić information content (AvgIpc) is 2.89. The lowest BCUT2D eigenvalue weighted by molar-refractivity contribution is -0.153. The van der Waals surface area contributed by atoms with Crippen LogP contribution in [0.15, 0.2) is 30.4 Å². The van der Waals surface area contributed by atoms with Gasteiger partial charge >= 0.3 is 5.97 Å². The first-order valence-electron chi connectivity index (χ1n) is 8.73. The van der Waals surface area contributed by atoms with Crippen LogP contribution in [-0.2, 0) is 20.7 Å². The molecule has 1 aromatic rings. The number of para-hydroxylation sites is 1. The number of esters is 1. The molecule has 0 unspecified atom stereocenters. The summed E-state index contributed by atoms with van der Waals surface area (Å²) in [5.74, 6) is 0.322. The van der Waals surface area contributed by atoms with Gasteiger partial charge in [0.15, 0.2) is 24.7 Å². The third kappa shape index (κ3) is 5.25. The van der Waals surface area contributed by atoms with E-state index in [2.05, 4.69) is 6.58 Å². The summed E-state index contributed by atoms with van der Waals surface area (Å²) in [5.41, 5.74) is 1.63. The molecule has 0 fully saturated rings. The fourth-order valence-corrected chi connectivity index (χ4v) is 2.82. The van der Waals surface area contributed by atoms with Crippen LogP contribution in [-0.4, -0.2) is 48.7 Å². The van der Waals surface area contributed by atoms with Gasteiger partial charge in [0.2, 0.25) is 0 Å². The second-order valence-electron chi connectivity index (χ2n) is 7.10. The van der Waals surface area contributed by atoms with Crippen LogP contribution < -0.4 is 9.47 Å². The molecule has 142 valence electrons. The fraction of sp³-hybridized carbons (Fsp3) is 0.500. The fourth-order valence-electron chi connectivity index (χ4n) is 2.82. The van der Waals surface area contributed by atoms with Gasteiger partial charge in [0.1, 0.15) is 5.60 Å². The Bertz CT molecular complexity index is 695. The number of rotatable bonds is 8. The van der Waals surface area contributed by atoms with Gasteiger partial charge in [-0.2, -0.15) is 0 Å². The minimum Gasteiger partial charge on any atom is -0.483 e. The van der Waals surface area contributed by atoms with Crippen LogP contribution in [0.4, 0.5) is 0 Å². The molecule has 1 aliphatic heterocycles. The van der Waals surface area contributed by atoms with Gasteiger partial charge in [-0.15, -0.1) is 0 Å². The predicted octanol–water partition coefficient (Wildman–Crippen LogP) is 2.75. The molecule has 2 rings (SSSR count). The predicted molar refractivity (Wildman–Crippen MR) is 98.4 cm³/mol. The molecule has 1 aromatic carbocycles. The Morgan fingerprint density at radius 2 is 2.04 bits per heavy atom. The van der Waals surface area contributed by atoms with Crippen molar-refractivity contribution >= 4 is 11.9 Å². The van der Waals surface area contributed by atoms with E-state index in [0.29, 0.717) is 24.6 Å². The van der Waals surface area contributed by atoms with E-state index in [1.165, 1.54) is 0 Å². The van der Waals surface area contributed by atoms with E-state index in [1.807, 2.05) is 39.8 Å². The number of carbonyl (C=O) groups excluding carboxylic acids is 2. The van der Waals surface area contributed by atoms with Gasteiger partial charge < -0.3 is 19.1 Å². The molecule has 0 aromatic heterocycles. The Kier molecular flexibility index (Phi) is 6.29. The summed E-state index contributed by atoms with van der Waals surface area (Å²) in [4.78, 5) is 25.5. The molecule has 0 spiro atoms. The standard InChI is InChI=1S/C20H27NO5/c1-6-21(11-14(2)3)17(22)12-25-18(23)13-24-16-9-7-8-15-10-20(4,5)26-19(15)16/h7-9H,2,6,10-13H2,1,3-5H3. The SMILES string of the molecule is C=C(C)CN(CC)C(=O)COC(=O)COc1cccc2c1OC(C)(C)C2. The molecule has 0 bridgehead atoms. The first-order valence-corrected chi connectivity index (χ1v) is 8.73. The number of benzene rings is 1. The summed E-state index contributed by atoms with van der Waals surface area (Å²) in [7, 11) is 0. The smallest absolute Gasteiger partial charge is 0.344 e. The molecule has 0 N–H and O–H groups in total. The Hall–Kier alpha value is -2.50. The second kappa shape index (κ2) is 8.25. The van der Waals surface area contributed by atoms with E-state index >= 15 is 0 Å². The quantitative estimate of drug-likeness (QED) is 0.526. The maximum absolute atomic E-state index is 12.1. The summed E-state index contributed by atoms with van der Waals surface area (Å²) in [6, 6.07) is 5.60. The highest BCUT2D eigenvalue weighted by Gasteiger charge is 2.32. The molecule has 6 nitrogen and oxygen atoms in total. The summed E-state index contributed by atoms with van der Waals surface area (Å²) in [6.07, 6.45) is 0.786. The first-order chi connectivity index (χ1) is 12.2. The van der Waals surface area contributed by atoms with E-state index in [-0.39, 0.29) is 24.7 Å². The lowest BCUT2D eigenvalue weighted by Crippen LogP contribution is -2.36. The molecule has 6 heteroatoms. The van der Waals surface area contributed by atoms with E-state index in [4.69, 9.17) is 14.2 Å². The van der Waals surface area contributed by atoms with E-state index in [0.717, 1.165) is 17.6 Å². The van der Waals surface area contributed by atoms with Crippen molar-refractivity contribution in [3.05, 3.63) is 35.9 Å². The maximum atomic E-state index is 12.1. The van der Waals surface area contributed by atoms with Gasteiger partial charge in [0, 0.05) is 25.1 Å².